The minimum absolute atomic E-state index is 0.0650. The van der Waals surface area contributed by atoms with E-state index in [0.717, 1.165) is 5.56 Å². The van der Waals surface area contributed by atoms with Gasteiger partial charge in [0, 0.05) is 5.69 Å². The lowest BCUT2D eigenvalue weighted by Gasteiger charge is -2.08. The molecule has 116 valence electrons. The number of nitrogens with one attached hydrogen (secondary N) is 1. The first kappa shape index (κ1) is 16.0. The van der Waals surface area contributed by atoms with Crippen LogP contribution in [0.2, 0.25) is 0 Å². The van der Waals surface area contributed by atoms with Gasteiger partial charge in [-0.15, -0.1) is 0 Å². The Morgan fingerprint density at radius 3 is 2.50 bits per heavy atom. The fourth-order valence-electron chi connectivity index (χ4n) is 1.73. The van der Waals surface area contributed by atoms with Gasteiger partial charge >= 0.3 is 0 Å². The van der Waals surface area contributed by atoms with E-state index < -0.39 is 15.9 Å². The number of rotatable bonds is 5. The Balaban J connectivity index is 1.96. The summed E-state index contributed by atoms with van der Waals surface area (Å²) in [6.45, 7) is 1.78. The highest BCUT2D eigenvalue weighted by atomic mass is 32.2. The Labute approximate surface area is 129 Å². The molecule has 0 bridgehead atoms. The number of aryl methyl sites for hydroxylation is 1. The molecule has 0 fully saturated rings. The summed E-state index contributed by atoms with van der Waals surface area (Å²) in [6, 6.07) is 13.0. The van der Waals surface area contributed by atoms with Crippen LogP contribution < -0.4 is 15.2 Å². The molecule has 2 aromatic rings. The molecule has 0 heterocycles. The zero-order valence-electron chi connectivity index (χ0n) is 11.9. The highest BCUT2D eigenvalue weighted by Crippen LogP contribution is 2.15. The lowest BCUT2D eigenvalue weighted by molar-refractivity contribution is -0.118. The van der Waals surface area contributed by atoms with Crippen LogP contribution in [-0.4, -0.2) is 20.9 Å². The quantitative estimate of drug-likeness (QED) is 0.875. The van der Waals surface area contributed by atoms with Gasteiger partial charge in [0.15, 0.2) is 6.61 Å². The van der Waals surface area contributed by atoms with Crippen molar-refractivity contribution in [3.8, 4) is 5.75 Å². The van der Waals surface area contributed by atoms with Gasteiger partial charge in [0.05, 0.1) is 4.90 Å². The second-order valence-electron chi connectivity index (χ2n) is 4.72. The first-order valence-corrected chi connectivity index (χ1v) is 8.01. The molecule has 0 aliphatic carbocycles. The normalized spacial score (nSPS) is 11.0. The third-order valence-corrected chi connectivity index (χ3v) is 3.75. The Bertz CT molecular complexity index is 770. The molecule has 0 unspecified atom stereocenters. The average molecular weight is 320 g/mol. The van der Waals surface area contributed by atoms with Gasteiger partial charge in [0.25, 0.3) is 5.91 Å². The molecule has 6 nitrogen and oxygen atoms in total. The van der Waals surface area contributed by atoms with Crippen LogP contribution in [0.1, 0.15) is 5.56 Å². The van der Waals surface area contributed by atoms with Crippen molar-refractivity contribution in [1.29, 1.82) is 0 Å². The zero-order valence-corrected chi connectivity index (χ0v) is 12.8. The lowest BCUT2D eigenvalue weighted by Crippen LogP contribution is -2.20. The molecular formula is C15H16N2O4S. The van der Waals surface area contributed by atoms with Crippen LogP contribution in [-0.2, 0) is 14.8 Å². The molecule has 3 N–H and O–H groups in total. The molecule has 0 spiro atoms. The van der Waals surface area contributed by atoms with E-state index >= 15 is 0 Å². The number of benzene rings is 2. The number of anilines is 1. The average Bonchev–Trinajstić information content (AvgIpc) is 2.46. The molecular weight excluding hydrogens is 304 g/mol. The predicted octanol–water partition coefficient (Wildman–Crippen LogP) is 1.66. The summed E-state index contributed by atoms with van der Waals surface area (Å²) >= 11 is 0. The highest BCUT2D eigenvalue weighted by Gasteiger charge is 2.09. The van der Waals surface area contributed by atoms with E-state index in [4.69, 9.17) is 9.88 Å². The van der Waals surface area contributed by atoms with Crippen molar-refractivity contribution in [3.63, 3.8) is 0 Å². The smallest absolute Gasteiger partial charge is 0.262 e. The number of carbonyl (C=O) groups is 1. The number of hydrogen-bond acceptors (Lipinski definition) is 4. The maximum Gasteiger partial charge on any atom is 0.262 e. The van der Waals surface area contributed by atoms with Crippen molar-refractivity contribution in [3.05, 3.63) is 54.1 Å². The van der Waals surface area contributed by atoms with E-state index in [0.29, 0.717) is 11.4 Å². The van der Waals surface area contributed by atoms with Gasteiger partial charge in [-0.05, 0) is 37.3 Å². The summed E-state index contributed by atoms with van der Waals surface area (Å²) < 4.78 is 27.8. The first-order valence-electron chi connectivity index (χ1n) is 6.47. The molecule has 1 amide bonds. The van der Waals surface area contributed by atoms with Crippen LogP contribution in [0.5, 0.6) is 5.75 Å². The molecule has 0 saturated carbocycles. The van der Waals surface area contributed by atoms with E-state index in [-0.39, 0.29) is 11.5 Å². The third-order valence-electron chi connectivity index (χ3n) is 2.84. The Morgan fingerprint density at radius 1 is 1.18 bits per heavy atom. The van der Waals surface area contributed by atoms with Gasteiger partial charge in [-0.25, -0.2) is 13.6 Å². The van der Waals surface area contributed by atoms with Gasteiger partial charge in [-0.2, -0.15) is 0 Å². The molecule has 2 rings (SSSR count). The number of nitrogens with two attached hydrogens (primary N) is 1. The Kier molecular flexibility index (Phi) is 4.79. The molecule has 0 aliphatic rings. The molecule has 7 heteroatoms. The van der Waals surface area contributed by atoms with Crippen LogP contribution in [0.4, 0.5) is 5.69 Å². The van der Waals surface area contributed by atoms with Crippen LogP contribution in [0, 0.1) is 6.92 Å². The summed E-state index contributed by atoms with van der Waals surface area (Å²) in [7, 11) is -3.80. The lowest BCUT2D eigenvalue weighted by atomic mass is 10.2. The summed E-state index contributed by atoms with van der Waals surface area (Å²) in [5.41, 5.74) is 1.43. The highest BCUT2D eigenvalue weighted by molar-refractivity contribution is 7.89. The SMILES string of the molecule is Cc1ccc(OCC(=O)Nc2cccc(S(N)(=O)=O)c2)cc1. The standard InChI is InChI=1S/C15H16N2O4S/c1-11-5-7-13(8-6-11)21-10-15(18)17-12-3-2-4-14(9-12)22(16,19)20/h2-9H,10H2,1H3,(H,17,18)(H2,16,19,20). The van der Waals surface area contributed by atoms with Crippen molar-refractivity contribution in [2.75, 3.05) is 11.9 Å². The largest absolute Gasteiger partial charge is 0.484 e. The number of sulfonamides is 1. The van der Waals surface area contributed by atoms with Crippen molar-refractivity contribution in [2.45, 2.75) is 11.8 Å². The summed E-state index contributed by atoms with van der Waals surface area (Å²) in [5.74, 6) is 0.186. The fourth-order valence-corrected chi connectivity index (χ4v) is 2.29. The predicted molar refractivity (Wildman–Crippen MR) is 83.1 cm³/mol. The summed E-state index contributed by atoms with van der Waals surface area (Å²) in [4.78, 5) is 11.7. The van der Waals surface area contributed by atoms with E-state index in [1.807, 2.05) is 19.1 Å². The maximum atomic E-state index is 11.8. The van der Waals surface area contributed by atoms with Gasteiger partial charge in [0.2, 0.25) is 10.0 Å². The second kappa shape index (κ2) is 6.59. The number of carbonyl (C=O) groups excluding carboxylic acids is 1. The van der Waals surface area contributed by atoms with Crippen LogP contribution in [0.15, 0.2) is 53.4 Å². The number of amides is 1. The van der Waals surface area contributed by atoms with E-state index in [1.54, 1.807) is 18.2 Å². The van der Waals surface area contributed by atoms with Gasteiger partial charge < -0.3 is 10.1 Å². The minimum atomic E-state index is -3.80. The molecule has 0 atom stereocenters. The monoisotopic (exact) mass is 320 g/mol. The number of primary sulfonamides is 1. The van der Waals surface area contributed by atoms with Crippen molar-refractivity contribution in [1.82, 2.24) is 0 Å². The van der Waals surface area contributed by atoms with Crippen molar-refractivity contribution < 1.29 is 17.9 Å². The van der Waals surface area contributed by atoms with Crippen LogP contribution in [0.25, 0.3) is 0 Å². The Hall–Kier alpha value is -2.38. The van der Waals surface area contributed by atoms with E-state index in [9.17, 15) is 13.2 Å². The third kappa shape index (κ3) is 4.57. The van der Waals surface area contributed by atoms with Gasteiger partial charge in [-0.3, -0.25) is 4.79 Å². The summed E-state index contributed by atoms with van der Waals surface area (Å²) in [6.07, 6.45) is 0. The molecule has 0 saturated heterocycles. The summed E-state index contributed by atoms with van der Waals surface area (Å²) in [5, 5.41) is 7.59. The van der Waals surface area contributed by atoms with Gasteiger partial charge in [-0.1, -0.05) is 23.8 Å². The van der Waals surface area contributed by atoms with Crippen molar-refractivity contribution >= 4 is 21.6 Å². The van der Waals surface area contributed by atoms with Crippen LogP contribution >= 0.6 is 0 Å². The van der Waals surface area contributed by atoms with Crippen molar-refractivity contribution in [2.24, 2.45) is 5.14 Å². The Morgan fingerprint density at radius 2 is 1.86 bits per heavy atom. The molecule has 0 aromatic heterocycles. The van der Waals surface area contributed by atoms with E-state index in [2.05, 4.69) is 5.32 Å². The maximum absolute atomic E-state index is 11.8. The molecule has 0 radical (unpaired) electrons. The number of ether oxygens (including phenoxy) is 1. The fraction of sp³-hybridized carbons (Fsp3) is 0.133. The second-order valence-corrected chi connectivity index (χ2v) is 6.28. The number of hydrogen-bond donors (Lipinski definition) is 2. The van der Waals surface area contributed by atoms with Crippen LogP contribution in [0.3, 0.4) is 0 Å². The van der Waals surface area contributed by atoms with E-state index in [1.165, 1.54) is 18.2 Å². The topological polar surface area (TPSA) is 98.5 Å². The molecule has 2 aromatic carbocycles. The first-order chi connectivity index (χ1) is 10.3. The zero-order chi connectivity index (χ0) is 16.2. The minimum Gasteiger partial charge on any atom is -0.484 e. The van der Waals surface area contributed by atoms with Gasteiger partial charge in [0.1, 0.15) is 5.75 Å². The molecule has 22 heavy (non-hydrogen) atoms. The molecule has 0 aliphatic heterocycles.